The van der Waals surface area contributed by atoms with Gasteiger partial charge in [0, 0.05) is 28.8 Å². The number of likely N-dealkylation sites (N-methyl/N-ethyl adjacent to an activating group) is 1. The van der Waals surface area contributed by atoms with Gasteiger partial charge in [-0.15, -0.1) is 0 Å². The molecular formula is C16H22BrN3O. The van der Waals surface area contributed by atoms with E-state index in [1.165, 1.54) is 31.4 Å². The maximum Gasteiger partial charge on any atom is 0.246 e. The Morgan fingerprint density at radius 1 is 1.29 bits per heavy atom. The summed E-state index contributed by atoms with van der Waals surface area (Å²) in [6.07, 6.45) is 5.13. The topological polar surface area (TPSA) is 44.4 Å². The van der Waals surface area contributed by atoms with Crippen LogP contribution in [-0.4, -0.2) is 25.5 Å². The van der Waals surface area contributed by atoms with Gasteiger partial charge < -0.3 is 15.5 Å². The minimum atomic E-state index is -0.223. The molecule has 1 saturated heterocycles. The second-order valence-electron chi connectivity index (χ2n) is 5.77. The van der Waals surface area contributed by atoms with Crippen LogP contribution in [0, 0.1) is 0 Å². The Kier molecular flexibility index (Phi) is 4.50. The molecule has 2 aliphatic rings. The third-order valence-electron chi connectivity index (χ3n) is 4.31. The Hall–Kier alpha value is -1.07. The zero-order valence-electron chi connectivity index (χ0n) is 12.4. The predicted molar refractivity (Wildman–Crippen MR) is 89.9 cm³/mol. The number of hydrogen-bond acceptors (Lipinski definition) is 3. The highest BCUT2D eigenvalue weighted by Crippen LogP contribution is 2.39. The number of carbonyl (C=O) groups is 1. The molecule has 0 saturated carbocycles. The van der Waals surface area contributed by atoms with Crippen molar-refractivity contribution in [2.45, 2.75) is 38.6 Å². The lowest BCUT2D eigenvalue weighted by molar-refractivity contribution is -0.117. The van der Waals surface area contributed by atoms with Crippen LogP contribution >= 0.6 is 15.9 Å². The standard InChI is InChI=1S/C16H22BrN3O/c1-2-18-15-11-9-12(17)14(10-13(11)19-16(15)21)20-7-5-3-4-6-8-20/h9-10,15,18H,2-8H2,1H3,(H,19,21). The Balaban J connectivity index is 1.91. The molecule has 1 aromatic carbocycles. The average molecular weight is 352 g/mol. The van der Waals surface area contributed by atoms with Crippen molar-refractivity contribution in [3.8, 4) is 0 Å². The van der Waals surface area contributed by atoms with Crippen LogP contribution in [0.5, 0.6) is 0 Å². The minimum Gasteiger partial charge on any atom is -0.371 e. The maximum atomic E-state index is 12.1. The summed E-state index contributed by atoms with van der Waals surface area (Å²) >= 11 is 3.70. The second kappa shape index (κ2) is 6.36. The van der Waals surface area contributed by atoms with E-state index in [9.17, 15) is 4.79 Å². The van der Waals surface area contributed by atoms with Crippen LogP contribution in [0.4, 0.5) is 11.4 Å². The van der Waals surface area contributed by atoms with Crippen molar-refractivity contribution < 1.29 is 4.79 Å². The monoisotopic (exact) mass is 351 g/mol. The van der Waals surface area contributed by atoms with Gasteiger partial charge in [0.25, 0.3) is 0 Å². The summed E-state index contributed by atoms with van der Waals surface area (Å²) in [6.45, 7) is 5.00. The number of anilines is 2. The first-order valence-corrected chi connectivity index (χ1v) is 8.62. The van der Waals surface area contributed by atoms with Crippen molar-refractivity contribution in [2.24, 2.45) is 0 Å². The lowest BCUT2D eigenvalue weighted by atomic mass is 10.1. The van der Waals surface area contributed by atoms with Crippen LogP contribution in [0.25, 0.3) is 0 Å². The SMILES string of the molecule is CCNC1C(=O)Nc2cc(N3CCCCCC3)c(Br)cc21. The van der Waals surface area contributed by atoms with Gasteiger partial charge in [0.15, 0.2) is 0 Å². The molecule has 2 heterocycles. The minimum absolute atomic E-state index is 0.0479. The van der Waals surface area contributed by atoms with E-state index >= 15 is 0 Å². The normalized spacial score (nSPS) is 21.9. The molecular weight excluding hydrogens is 330 g/mol. The van der Waals surface area contributed by atoms with E-state index in [-0.39, 0.29) is 11.9 Å². The van der Waals surface area contributed by atoms with Crippen LogP contribution in [0.1, 0.15) is 44.2 Å². The zero-order chi connectivity index (χ0) is 14.8. The lowest BCUT2D eigenvalue weighted by Crippen LogP contribution is -2.27. The number of hydrogen-bond donors (Lipinski definition) is 2. The highest BCUT2D eigenvalue weighted by Gasteiger charge is 2.31. The van der Waals surface area contributed by atoms with Crippen molar-refractivity contribution in [3.05, 3.63) is 22.2 Å². The summed E-state index contributed by atoms with van der Waals surface area (Å²) in [6, 6.07) is 4.00. The van der Waals surface area contributed by atoms with Crippen LogP contribution in [-0.2, 0) is 4.79 Å². The van der Waals surface area contributed by atoms with Gasteiger partial charge in [-0.1, -0.05) is 19.8 Å². The maximum absolute atomic E-state index is 12.1. The molecule has 4 nitrogen and oxygen atoms in total. The number of nitrogens with zero attached hydrogens (tertiary/aromatic N) is 1. The molecule has 1 unspecified atom stereocenters. The second-order valence-corrected chi connectivity index (χ2v) is 6.63. The van der Waals surface area contributed by atoms with Crippen LogP contribution in [0.15, 0.2) is 16.6 Å². The summed E-state index contributed by atoms with van der Waals surface area (Å²) in [7, 11) is 0. The molecule has 2 N–H and O–H groups in total. The lowest BCUT2D eigenvalue weighted by Gasteiger charge is -2.25. The smallest absolute Gasteiger partial charge is 0.246 e. The van der Waals surface area contributed by atoms with Crippen molar-refractivity contribution in [3.63, 3.8) is 0 Å². The molecule has 3 rings (SSSR count). The van der Waals surface area contributed by atoms with Gasteiger partial charge in [-0.2, -0.15) is 0 Å². The van der Waals surface area contributed by atoms with Crippen LogP contribution in [0.2, 0.25) is 0 Å². The molecule has 0 aliphatic carbocycles. The van der Waals surface area contributed by atoms with Gasteiger partial charge in [-0.25, -0.2) is 0 Å². The first-order chi connectivity index (χ1) is 10.2. The fourth-order valence-corrected chi connectivity index (χ4v) is 3.84. The van der Waals surface area contributed by atoms with Gasteiger partial charge in [0.05, 0.1) is 5.69 Å². The number of nitrogens with one attached hydrogen (secondary N) is 2. The summed E-state index contributed by atoms with van der Waals surface area (Å²) in [4.78, 5) is 14.5. The van der Waals surface area contributed by atoms with Crippen molar-refractivity contribution in [1.29, 1.82) is 0 Å². The fourth-order valence-electron chi connectivity index (χ4n) is 3.23. The van der Waals surface area contributed by atoms with Crippen molar-refractivity contribution in [1.82, 2.24) is 5.32 Å². The molecule has 2 aliphatic heterocycles. The summed E-state index contributed by atoms with van der Waals surface area (Å²) < 4.78 is 1.09. The highest BCUT2D eigenvalue weighted by molar-refractivity contribution is 9.10. The molecule has 21 heavy (non-hydrogen) atoms. The van der Waals surface area contributed by atoms with Crippen LogP contribution < -0.4 is 15.5 Å². The van der Waals surface area contributed by atoms with Crippen molar-refractivity contribution in [2.75, 3.05) is 29.9 Å². The number of halogens is 1. The Bertz CT molecular complexity index is 539. The first kappa shape index (κ1) is 14.9. The largest absolute Gasteiger partial charge is 0.371 e. The van der Waals surface area contributed by atoms with E-state index in [1.54, 1.807) is 0 Å². The number of fused-ring (bicyclic) bond motifs is 1. The van der Waals surface area contributed by atoms with Gasteiger partial charge in [0.2, 0.25) is 5.91 Å². The fraction of sp³-hybridized carbons (Fsp3) is 0.562. The zero-order valence-corrected chi connectivity index (χ0v) is 14.0. The third kappa shape index (κ3) is 2.94. The molecule has 1 amide bonds. The Labute approximate surface area is 134 Å². The highest BCUT2D eigenvalue weighted by atomic mass is 79.9. The Morgan fingerprint density at radius 2 is 2.00 bits per heavy atom. The summed E-state index contributed by atoms with van der Waals surface area (Å²) in [5, 5.41) is 6.25. The van der Waals surface area contributed by atoms with Gasteiger partial charge in [-0.3, -0.25) is 4.79 Å². The number of rotatable bonds is 3. The number of carbonyl (C=O) groups excluding carboxylic acids is 1. The van der Waals surface area contributed by atoms with E-state index in [0.717, 1.165) is 35.4 Å². The van der Waals surface area contributed by atoms with Gasteiger partial charge in [-0.05, 0) is 47.4 Å². The molecule has 0 bridgehead atoms. The first-order valence-electron chi connectivity index (χ1n) is 7.83. The van der Waals surface area contributed by atoms with E-state index in [1.807, 2.05) is 6.92 Å². The number of benzene rings is 1. The molecule has 1 aromatic rings. The molecule has 0 radical (unpaired) electrons. The molecule has 0 spiro atoms. The molecule has 0 aromatic heterocycles. The average Bonchev–Trinajstić information content (AvgIpc) is 2.68. The van der Waals surface area contributed by atoms with E-state index in [2.05, 4.69) is 43.6 Å². The predicted octanol–water partition coefficient (Wildman–Crippen LogP) is 3.43. The van der Waals surface area contributed by atoms with E-state index < -0.39 is 0 Å². The summed E-state index contributed by atoms with van der Waals surface area (Å²) in [5.41, 5.74) is 3.20. The van der Waals surface area contributed by atoms with E-state index in [4.69, 9.17) is 0 Å². The molecule has 5 heteroatoms. The number of amides is 1. The van der Waals surface area contributed by atoms with E-state index in [0.29, 0.717) is 0 Å². The van der Waals surface area contributed by atoms with Gasteiger partial charge in [0.1, 0.15) is 6.04 Å². The molecule has 114 valence electrons. The summed E-state index contributed by atoms with van der Waals surface area (Å²) in [5.74, 6) is 0.0479. The van der Waals surface area contributed by atoms with Gasteiger partial charge >= 0.3 is 0 Å². The molecule has 1 fully saturated rings. The van der Waals surface area contributed by atoms with Crippen molar-refractivity contribution >= 4 is 33.2 Å². The quantitative estimate of drug-likeness (QED) is 0.876. The molecule has 1 atom stereocenters. The third-order valence-corrected chi connectivity index (χ3v) is 4.94. The Morgan fingerprint density at radius 3 is 2.67 bits per heavy atom. The van der Waals surface area contributed by atoms with Crippen LogP contribution in [0.3, 0.4) is 0 Å².